The molecule has 3 aromatic rings. The summed E-state index contributed by atoms with van der Waals surface area (Å²) in [6.07, 6.45) is 3.96. The third-order valence-electron chi connectivity index (χ3n) is 4.71. The van der Waals surface area contributed by atoms with E-state index in [1.807, 2.05) is 44.2 Å². The van der Waals surface area contributed by atoms with Gasteiger partial charge in [0.2, 0.25) is 0 Å². The van der Waals surface area contributed by atoms with E-state index in [0.717, 1.165) is 12.1 Å². The molecule has 2 aromatic heterocycles. The van der Waals surface area contributed by atoms with Gasteiger partial charge in [-0.05, 0) is 37.6 Å². The monoisotopic (exact) mass is 382 g/mol. The fourth-order valence-corrected chi connectivity index (χ4v) is 3.43. The van der Waals surface area contributed by atoms with Gasteiger partial charge in [0.1, 0.15) is 6.10 Å². The van der Waals surface area contributed by atoms with E-state index >= 15 is 0 Å². The lowest BCUT2D eigenvalue weighted by Gasteiger charge is -2.35. The number of amides is 1. The summed E-state index contributed by atoms with van der Waals surface area (Å²) in [6.45, 7) is 4.36. The smallest absolute Gasteiger partial charge is 0.261 e. The molecule has 0 saturated carbocycles. The first kappa shape index (κ1) is 17.5. The highest BCUT2D eigenvalue weighted by atomic mass is 35.5. The van der Waals surface area contributed by atoms with Gasteiger partial charge in [-0.25, -0.2) is 9.67 Å². The number of ether oxygens (including phenoxy) is 1. The van der Waals surface area contributed by atoms with Crippen LogP contribution in [-0.4, -0.2) is 33.3 Å². The van der Waals surface area contributed by atoms with Crippen molar-refractivity contribution >= 4 is 23.2 Å². The Hall–Kier alpha value is -2.86. The lowest BCUT2D eigenvalue weighted by Crippen LogP contribution is -2.43. The largest absolute Gasteiger partial charge is 0.485 e. The fourth-order valence-electron chi connectivity index (χ4n) is 3.21. The van der Waals surface area contributed by atoms with E-state index in [2.05, 4.69) is 10.1 Å². The van der Waals surface area contributed by atoms with Gasteiger partial charge in [0.25, 0.3) is 5.91 Å². The van der Waals surface area contributed by atoms with Gasteiger partial charge in [-0.15, -0.1) is 0 Å². The highest BCUT2D eigenvalue weighted by Crippen LogP contribution is 2.40. The van der Waals surface area contributed by atoms with E-state index in [1.165, 1.54) is 0 Å². The quantitative estimate of drug-likeness (QED) is 0.685. The van der Waals surface area contributed by atoms with Crippen LogP contribution < -0.4 is 9.64 Å². The van der Waals surface area contributed by atoms with E-state index < -0.39 is 0 Å². The van der Waals surface area contributed by atoms with Crippen molar-refractivity contribution in [2.45, 2.75) is 26.4 Å². The number of hydrogen-bond acceptors (Lipinski definition) is 4. The van der Waals surface area contributed by atoms with E-state index in [1.54, 1.807) is 28.0 Å². The maximum absolute atomic E-state index is 13.4. The van der Waals surface area contributed by atoms with Crippen molar-refractivity contribution in [2.75, 3.05) is 11.4 Å². The fraction of sp³-hybridized carbons (Fsp3) is 0.250. The van der Waals surface area contributed by atoms with Crippen molar-refractivity contribution in [1.82, 2.24) is 14.8 Å². The number of carbonyl (C=O) groups is 1. The molecule has 1 aliphatic rings. The number of nitrogens with zero attached hydrogens (tertiary/aromatic N) is 4. The Bertz CT molecular complexity index is 987. The van der Waals surface area contributed by atoms with Crippen LogP contribution in [-0.2, 0) is 0 Å². The molecule has 0 N–H and O–H groups in total. The molecule has 1 aliphatic heterocycles. The highest BCUT2D eigenvalue weighted by Gasteiger charge is 2.32. The summed E-state index contributed by atoms with van der Waals surface area (Å²) in [5.74, 6) is 1.10. The van der Waals surface area contributed by atoms with Crippen LogP contribution in [0.1, 0.15) is 29.4 Å². The maximum Gasteiger partial charge on any atom is 0.261 e. The van der Waals surface area contributed by atoms with Crippen LogP contribution in [0.3, 0.4) is 0 Å². The predicted molar refractivity (Wildman–Crippen MR) is 104 cm³/mol. The minimum Gasteiger partial charge on any atom is -0.485 e. The molecule has 138 valence electrons. The Kier molecular flexibility index (Phi) is 4.58. The van der Waals surface area contributed by atoms with Crippen LogP contribution >= 0.6 is 11.6 Å². The van der Waals surface area contributed by atoms with Gasteiger partial charge in [0.05, 0.1) is 34.7 Å². The van der Waals surface area contributed by atoms with E-state index in [0.29, 0.717) is 34.4 Å². The number of benzene rings is 1. The number of aromatic nitrogens is 3. The second-order valence-corrected chi connectivity index (χ2v) is 6.80. The Morgan fingerprint density at radius 2 is 2.15 bits per heavy atom. The zero-order valence-corrected chi connectivity index (χ0v) is 15.8. The van der Waals surface area contributed by atoms with Crippen LogP contribution in [0.2, 0.25) is 5.02 Å². The van der Waals surface area contributed by atoms with Crippen molar-refractivity contribution in [3.8, 4) is 11.6 Å². The molecule has 1 atom stereocenters. The van der Waals surface area contributed by atoms with E-state index in [9.17, 15) is 4.79 Å². The molecule has 0 aliphatic carbocycles. The lowest BCUT2D eigenvalue weighted by molar-refractivity contribution is 0.0954. The number of halogens is 1. The third kappa shape index (κ3) is 3.06. The number of fused-ring (bicyclic) bond motifs is 1. The molecule has 1 aromatic carbocycles. The van der Waals surface area contributed by atoms with Crippen molar-refractivity contribution in [1.29, 1.82) is 0 Å². The summed E-state index contributed by atoms with van der Waals surface area (Å²) in [5, 5.41) is 4.87. The maximum atomic E-state index is 13.4. The van der Waals surface area contributed by atoms with Crippen molar-refractivity contribution in [3.63, 3.8) is 0 Å². The number of para-hydroxylation sites is 1. The number of hydrogen-bond donors (Lipinski definition) is 0. The van der Waals surface area contributed by atoms with Gasteiger partial charge in [0.15, 0.2) is 11.6 Å². The van der Waals surface area contributed by atoms with Gasteiger partial charge < -0.3 is 9.64 Å². The standard InChI is InChI=1S/C20H19ClN4O2/c1-3-14-12-24(17-8-6-7-16(21)19(17)27-14)20(26)15-11-23-25(13(15)2)18-9-4-5-10-22-18/h4-11,14H,3,12H2,1-2H3. The van der Waals surface area contributed by atoms with Gasteiger partial charge >= 0.3 is 0 Å². The predicted octanol–water partition coefficient (Wildman–Crippen LogP) is 4.05. The Balaban J connectivity index is 1.74. The van der Waals surface area contributed by atoms with Gasteiger partial charge in [-0.3, -0.25) is 4.79 Å². The zero-order valence-electron chi connectivity index (χ0n) is 15.1. The second kappa shape index (κ2) is 7.04. The molecule has 6 nitrogen and oxygen atoms in total. The molecule has 1 unspecified atom stereocenters. The van der Waals surface area contributed by atoms with Crippen LogP contribution in [0.4, 0.5) is 5.69 Å². The first-order chi connectivity index (χ1) is 13.1. The third-order valence-corrected chi connectivity index (χ3v) is 5.01. The molecule has 0 saturated heterocycles. The van der Waals surface area contributed by atoms with Gasteiger partial charge in [0, 0.05) is 6.20 Å². The van der Waals surface area contributed by atoms with Crippen molar-refractivity contribution in [3.05, 3.63) is 65.1 Å². The van der Waals surface area contributed by atoms with Crippen LogP contribution in [0.15, 0.2) is 48.8 Å². The Morgan fingerprint density at radius 1 is 1.30 bits per heavy atom. The van der Waals surface area contributed by atoms with Crippen LogP contribution in [0.25, 0.3) is 5.82 Å². The summed E-state index contributed by atoms with van der Waals surface area (Å²) < 4.78 is 7.65. The number of pyridine rings is 1. The summed E-state index contributed by atoms with van der Waals surface area (Å²) in [6, 6.07) is 11.0. The summed E-state index contributed by atoms with van der Waals surface area (Å²) in [7, 11) is 0. The number of carbonyl (C=O) groups excluding carboxylic acids is 1. The first-order valence-electron chi connectivity index (χ1n) is 8.83. The van der Waals surface area contributed by atoms with Crippen molar-refractivity contribution < 1.29 is 9.53 Å². The molecule has 3 heterocycles. The average Bonchev–Trinajstić information content (AvgIpc) is 3.09. The molecule has 0 spiro atoms. The SMILES string of the molecule is CCC1CN(C(=O)c2cnn(-c3ccccn3)c2C)c2cccc(Cl)c2O1. The normalized spacial score (nSPS) is 16.0. The molecule has 4 rings (SSSR count). The van der Waals surface area contributed by atoms with Crippen LogP contribution in [0.5, 0.6) is 5.75 Å². The minimum atomic E-state index is -0.125. The average molecular weight is 383 g/mol. The molecular formula is C20H19ClN4O2. The minimum absolute atomic E-state index is 0.104. The second-order valence-electron chi connectivity index (χ2n) is 6.40. The number of anilines is 1. The Morgan fingerprint density at radius 3 is 2.89 bits per heavy atom. The molecule has 7 heteroatoms. The topological polar surface area (TPSA) is 60.2 Å². The molecule has 0 radical (unpaired) electrons. The van der Waals surface area contributed by atoms with Gasteiger partial charge in [-0.2, -0.15) is 5.10 Å². The summed E-state index contributed by atoms with van der Waals surface area (Å²) in [4.78, 5) is 19.4. The molecular weight excluding hydrogens is 364 g/mol. The zero-order chi connectivity index (χ0) is 19.0. The van der Waals surface area contributed by atoms with Crippen molar-refractivity contribution in [2.24, 2.45) is 0 Å². The van der Waals surface area contributed by atoms with E-state index in [4.69, 9.17) is 16.3 Å². The Labute approximate surface area is 162 Å². The molecule has 27 heavy (non-hydrogen) atoms. The van der Waals surface area contributed by atoms with E-state index in [-0.39, 0.29) is 12.0 Å². The van der Waals surface area contributed by atoms with Crippen LogP contribution in [0, 0.1) is 6.92 Å². The highest BCUT2D eigenvalue weighted by molar-refractivity contribution is 6.32. The summed E-state index contributed by atoms with van der Waals surface area (Å²) >= 11 is 6.31. The number of rotatable bonds is 3. The summed E-state index contributed by atoms with van der Waals surface area (Å²) in [5.41, 5.74) is 1.95. The molecule has 0 fully saturated rings. The van der Waals surface area contributed by atoms with Gasteiger partial charge in [-0.1, -0.05) is 30.7 Å². The molecule has 1 amide bonds. The molecule has 0 bridgehead atoms. The first-order valence-corrected chi connectivity index (χ1v) is 9.21. The lowest BCUT2D eigenvalue weighted by atomic mass is 10.1.